The number of aryl methyl sites for hydroxylation is 1. The monoisotopic (exact) mass is 205 g/mol. The molecule has 0 amide bonds. The van der Waals surface area contributed by atoms with E-state index in [0.717, 1.165) is 17.3 Å². The number of fused-ring (bicyclic) bond motifs is 1. The molecular weight excluding hydrogens is 189 g/mol. The SMILES string of the molecule is CCc1cn(C(C)C)c2ccc(F)cc12. The van der Waals surface area contributed by atoms with Crippen molar-refractivity contribution < 1.29 is 4.39 Å². The van der Waals surface area contributed by atoms with Gasteiger partial charge < -0.3 is 4.57 Å². The number of hydrogen-bond donors (Lipinski definition) is 0. The fourth-order valence-electron chi connectivity index (χ4n) is 2.01. The summed E-state index contributed by atoms with van der Waals surface area (Å²) in [6, 6.07) is 5.44. The average Bonchev–Trinajstić information content (AvgIpc) is 2.55. The van der Waals surface area contributed by atoms with Gasteiger partial charge in [0.05, 0.1) is 0 Å². The largest absolute Gasteiger partial charge is 0.345 e. The first-order valence-corrected chi connectivity index (χ1v) is 5.42. The predicted octanol–water partition coefficient (Wildman–Crippen LogP) is 3.92. The molecule has 0 unspecified atom stereocenters. The lowest BCUT2D eigenvalue weighted by Crippen LogP contribution is -1.97. The summed E-state index contributed by atoms with van der Waals surface area (Å²) in [5.74, 6) is -0.154. The van der Waals surface area contributed by atoms with Crippen LogP contribution in [0.3, 0.4) is 0 Å². The van der Waals surface area contributed by atoms with Gasteiger partial charge in [-0.25, -0.2) is 4.39 Å². The number of aromatic nitrogens is 1. The lowest BCUT2D eigenvalue weighted by atomic mass is 10.1. The predicted molar refractivity (Wildman–Crippen MR) is 61.7 cm³/mol. The second-order valence-electron chi connectivity index (χ2n) is 4.17. The highest BCUT2D eigenvalue weighted by molar-refractivity contribution is 5.84. The molecule has 0 atom stereocenters. The van der Waals surface area contributed by atoms with Crippen LogP contribution in [0.5, 0.6) is 0 Å². The second-order valence-corrected chi connectivity index (χ2v) is 4.17. The molecular formula is C13H16FN. The zero-order valence-electron chi connectivity index (χ0n) is 9.42. The van der Waals surface area contributed by atoms with Crippen LogP contribution in [0.2, 0.25) is 0 Å². The lowest BCUT2D eigenvalue weighted by Gasteiger charge is -2.08. The molecule has 0 aliphatic rings. The third-order valence-corrected chi connectivity index (χ3v) is 2.81. The van der Waals surface area contributed by atoms with Gasteiger partial charge in [-0.05, 0) is 44.0 Å². The number of rotatable bonds is 2. The lowest BCUT2D eigenvalue weighted by molar-refractivity contribution is 0.617. The quantitative estimate of drug-likeness (QED) is 0.700. The van der Waals surface area contributed by atoms with E-state index in [9.17, 15) is 4.39 Å². The molecule has 2 heteroatoms. The van der Waals surface area contributed by atoms with Crippen LogP contribution in [-0.4, -0.2) is 4.57 Å². The molecule has 0 aliphatic heterocycles. The second kappa shape index (κ2) is 3.69. The molecule has 0 bridgehead atoms. The van der Waals surface area contributed by atoms with Crippen molar-refractivity contribution in [3.63, 3.8) is 0 Å². The summed E-state index contributed by atoms with van der Waals surface area (Å²) in [6.07, 6.45) is 3.08. The van der Waals surface area contributed by atoms with Crippen molar-refractivity contribution in [3.8, 4) is 0 Å². The highest BCUT2D eigenvalue weighted by Crippen LogP contribution is 2.25. The molecule has 2 rings (SSSR count). The topological polar surface area (TPSA) is 4.93 Å². The minimum Gasteiger partial charge on any atom is -0.345 e. The van der Waals surface area contributed by atoms with Crippen LogP contribution >= 0.6 is 0 Å². The van der Waals surface area contributed by atoms with E-state index in [1.807, 2.05) is 6.07 Å². The van der Waals surface area contributed by atoms with Gasteiger partial charge >= 0.3 is 0 Å². The summed E-state index contributed by atoms with van der Waals surface area (Å²) in [5, 5.41) is 1.05. The Labute approximate surface area is 89.5 Å². The maximum Gasteiger partial charge on any atom is 0.123 e. The van der Waals surface area contributed by atoms with Crippen molar-refractivity contribution in [2.75, 3.05) is 0 Å². The molecule has 1 aromatic carbocycles. The fraction of sp³-hybridized carbons (Fsp3) is 0.385. The van der Waals surface area contributed by atoms with E-state index >= 15 is 0 Å². The Bertz CT molecular complexity index is 482. The average molecular weight is 205 g/mol. The highest BCUT2D eigenvalue weighted by Gasteiger charge is 2.09. The summed E-state index contributed by atoms with van der Waals surface area (Å²) in [5.41, 5.74) is 2.35. The van der Waals surface area contributed by atoms with Gasteiger partial charge in [0, 0.05) is 23.1 Å². The van der Waals surface area contributed by atoms with E-state index in [1.54, 1.807) is 6.07 Å². The maximum absolute atomic E-state index is 13.2. The molecule has 0 fully saturated rings. The molecule has 15 heavy (non-hydrogen) atoms. The van der Waals surface area contributed by atoms with Crippen LogP contribution in [0.15, 0.2) is 24.4 Å². The van der Waals surface area contributed by atoms with E-state index in [4.69, 9.17) is 0 Å². The van der Waals surface area contributed by atoms with E-state index in [2.05, 4.69) is 31.5 Å². The van der Waals surface area contributed by atoms with Gasteiger partial charge in [0.25, 0.3) is 0 Å². The third-order valence-electron chi connectivity index (χ3n) is 2.81. The van der Waals surface area contributed by atoms with Crippen LogP contribution in [0.4, 0.5) is 4.39 Å². The van der Waals surface area contributed by atoms with Crippen LogP contribution in [0.25, 0.3) is 10.9 Å². The number of halogens is 1. The molecule has 0 saturated carbocycles. The van der Waals surface area contributed by atoms with Crippen LogP contribution in [0, 0.1) is 5.82 Å². The zero-order chi connectivity index (χ0) is 11.0. The Kier molecular flexibility index (Phi) is 2.51. The van der Waals surface area contributed by atoms with E-state index in [-0.39, 0.29) is 5.82 Å². The Morgan fingerprint density at radius 1 is 1.33 bits per heavy atom. The first-order chi connectivity index (χ1) is 7.13. The molecule has 0 spiro atoms. The van der Waals surface area contributed by atoms with Crippen molar-refractivity contribution in [2.24, 2.45) is 0 Å². The summed E-state index contributed by atoms with van der Waals surface area (Å²) in [6.45, 7) is 6.38. The zero-order valence-corrected chi connectivity index (χ0v) is 9.42. The smallest absolute Gasteiger partial charge is 0.123 e. The van der Waals surface area contributed by atoms with Crippen molar-refractivity contribution in [1.29, 1.82) is 0 Å². The first kappa shape index (κ1) is 10.2. The number of nitrogens with zero attached hydrogens (tertiary/aromatic N) is 1. The van der Waals surface area contributed by atoms with E-state index < -0.39 is 0 Å². The van der Waals surface area contributed by atoms with Gasteiger partial charge in [-0.3, -0.25) is 0 Å². The standard InChI is InChI=1S/C13H16FN/c1-4-10-8-15(9(2)3)13-6-5-11(14)7-12(10)13/h5-9H,4H2,1-3H3. The van der Waals surface area contributed by atoms with Gasteiger partial charge in [-0.1, -0.05) is 6.92 Å². The molecule has 1 heterocycles. The van der Waals surface area contributed by atoms with Crippen LogP contribution < -0.4 is 0 Å². The molecule has 1 nitrogen and oxygen atoms in total. The molecule has 1 aromatic heterocycles. The van der Waals surface area contributed by atoms with Crippen LogP contribution in [0.1, 0.15) is 32.4 Å². The Morgan fingerprint density at radius 3 is 2.67 bits per heavy atom. The first-order valence-electron chi connectivity index (χ1n) is 5.42. The minimum atomic E-state index is -0.154. The Balaban J connectivity index is 2.75. The van der Waals surface area contributed by atoms with Gasteiger partial charge in [0.2, 0.25) is 0 Å². The normalized spacial score (nSPS) is 11.5. The minimum absolute atomic E-state index is 0.154. The van der Waals surface area contributed by atoms with Crippen molar-refractivity contribution in [3.05, 3.63) is 35.8 Å². The highest BCUT2D eigenvalue weighted by atomic mass is 19.1. The summed E-state index contributed by atoms with van der Waals surface area (Å²) in [7, 11) is 0. The molecule has 80 valence electrons. The van der Waals surface area contributed by atoms with Crippen molar-refractivity contribution >= 4 is 10.9 Å². The van der Waals surface area contributed by atoms with Crippen molar-refractivity contribution in [1.82, 2.24) is 4.57 Å². The third kappa shape index (κ3) is 1.65. The van der Waals surface area contributed by atoms with Crippen LogP contribution in [-0.2, 0) is 6.42 Å². The summed E-state index contributed by atoms with van der Waals surface area (Å²) < 4.78 is 15.4. The Hall–Kier alpha value is -1.31. The van der Waals surface area contributed by atoms with Gasteiger partial charge in [-0.2, -0.15) is 0 Å². The fourth-order valence-corrected chi connectivity index (χ4v) is 2.01. The molecule has 0 N–H and O–H groups in total. The van der Waals surface area contributed by atoms with E-state index in [0.29, 0.717) is 6.04 Å². The molecule has 2 aromatic rings. The van der Waals surface area contributed by atoms with Crippen molar-refractivity contribution in [2.45, 2.75) is 33.2 Å². The van der Waals surface area contributed by atoms with Gasteiger partial charge in [-0.15, -0.1) is 0 Å². The number of hydrogen-bond acceptors (Lipinski definition) is 0. The number of benzene rings is 1. The molecule has 0 aliphatic carbocycles. The maximum atomic E-state index is 13.2. The van der Waals surface area contributed by atoms with Gasteiger partial charge in [0.15, 0.2) is 0 Å². The molecule has 0 saturated heterocycles. The summed E-state index contributed by atoms with van der Waals surface area (Å²) in [4.78, 5) is 0. The Morgan fingerprint density at radius 2 is 2.07 bits per heavy atom. The van der Waals surface area contributed by atoms with E-state index in [1.165, 1.54) is 11.6 Å². The van der Waals surface area contributed by atoms with Gasteiger partial charge in [0.1, 0.15) is 5.82 Å². The summed E-state index contributed by atoms with van der Waals surface area (Å²) >= 11 is 0. The molecule has 0 radical (unpaired) electrons.